The van der Waals surface area contributed by atoms with Crippen LogP contribution in [0.3, 0.4) is 0 Å². The summed E-state index contributed by atoms with van der Waals surface area (Å²) in [6.07, 6.45) is 1.52. The van der Waals surface area contributed by atoms with Crippen molar-refractivity contribution in [1.29, 1.82) is 0 Å². The lowest BCUT2D eigenvalue weighted by Crippen LogP contribution is -1.98. The predicted molar refractivity (Wildman–Crippen MR) is 67.4 cm³/mol. The minimum Gasteiger partial charge on any atom is -0.496 e. The second-order valence-electron chi connectivity index (χ2n) is 3.58. The highest BCUT2D eigenvalue weighted by Gasteiger charge is 2.11. The van der Waals surface area contributed by atoms with Gasteiger partial charge in [-0.3, -0.25) is 0 Å². The van der Waals surface area contributed by atoms with Gasteiger partial charge in [-0.25, -0.2) is 4.79 Å². The monoisotopic (exact) mass is 252 g/mol. The van der Waals surface area contributed by atoms with Gasteiger partial charge < -0.3 is 19.3 Å². The number of carbonyl (C=O) groups is 1. The zero-order valence-corrected chi connectivity index (χ0v) is 10.8. The SMILES string of the molecule is COc1cc(OC)c(OC)cc1/C=C(/C)C(=O)O. The second kappa shape index (κ2) is 5.95. The molecule has 0 fully saturated rings. The molecule has 1 aromatic rings. The molecule has 0 aliphatic carbocycles. The molecule has 5 heteroatoms. The molecule has 0 unspecified atom stereocenters. The van der Waals surface area contributed by atoms with Crippen LogP contribution in [-0.2, 0) is 4.79 Å². The van der Waals surface area contributed by atoms with Gasteiger partial charge in [0.1, 0.15) is 5.75 Å². The van der Waals surface area contributed by atoms with Gasteiger partial charge in [-0.15, -0.1) is 0 Å². The summed E-state index contributed by atoms with van der Waals surface area (Å²) < 4.78 is 15.5. The summed E-state index contributed by atoms with van der Waals surface area (Å²) in [5.74, 6) is 0.585. The second-order valence-corrected chi connectivity index (χ2v) is 3.58. The Morgan fingerprint density at radius 1 is 1.06 bits per heavy atom. The summed E-state index contributed by atoms with van der Waals surface area (Å²) in [6, 6.07) is 3.32. The molecule has 0 bridgehead atoms. The Hall–Kier alpha value is -2.17. The molecule has 0 spiro atoms. The van der Waals surface area contributed by atoms with E-state index in [1.165, 1.54) is 34.3 Å². The molecule has 0 aliphatic rings. The average molecular weight is 252 g/mol. The molecule has 0 saturated carbocycles. The van der Waals surface area contributed by atoms with Gasteiger partial charge in [-0.2, -0.15) is 0 Å². The van der Waals surface area contributed by atoms with Gasteiger partial charge in [0.2, 0.25) is 0 Å². The van der Waals surface area contributed by atoms with Crippen LogP contribution in [0.1, 0.15) is 12.5 Å². The van der Waals surface area contributed by atoms with E-state index in [1.807, 2.05) is 0 Å². The molecule has 0 heterocycles. The predicted octanol–water partition coefficient (Wildman–Crippen LogP) is 2.20. The number of hydrogen-bond donors (Lipinski definition) is 1. The Kier molecular flexibility index (Phi) is 4.59. The topological polar surface area (TPSA) is 65.0 Å². The van der Waals surface area contributed by atoms with Crippen LogP contribution >= 0.6 is 0 Å². The van der Waals surface area contributed by atoms with E-state index >= 15 is 0 Å². The van der Waals surface area contributed by atoms with E-state index in [9.17, 15) is 4.79 Å². The molecule has 0 radical (unpaired) electrons. The third kappa shape index (κ3) is 2.94. The van der Waals surface area contributed by atoms with Crippen molar-refractivity contribution in [3.63, 3.8) is 0 Å². The van der Waals surface area contributed by atoms with E-state index in [0.29, 0.717) is 22.8 Å². The van der Waals surface area contributed by atoms with Crippen molar-refractivity contribution in [2.75, 3.05) is 21.3 Å². The van der Waals surface area contributed by atoms with Crippen LogP contribution in [-0.4, -0.2) is 32.4 Å². The lowest BCUT2D eigenvalue weighted by atomic mass is 10.1. The fourth-order valence-electron chi connectivity index (χ4n) is 1.46. The molecule has 98 valence electrons. The fraction of sp³-hybridized carbons (Fsp3) is 0.308. The number of benzene rings is 1. The first-order chi connectivity index (χ1) is 8.53. The highest BCUT2D eigenvalue weighted by atomic mass is 16.5. The van der Waals surface area contributed by atoms with Crippen molar-refractivity contribution in [3.8, 4) is 17.2 Å². The first-order valence-electron chi connectivity index (χ1n) is 5.25. The minimum atomic E-state index is -0.980. The van der Waals surface area contributed by atoms with E-state index in [1.54, 1.807) is 12.1 Å². The summed E-state index contributed by atoms with van der Waals surface area (Å²) >= 11 is 0. The van der Waals surface area contributed by atoms with Gasteiger partial charge in [0.05, 0.1) is 21.3 Å². The minimum absolute atomic E-state index is 0.209. The van der Waals surface area contributed by atoms with Gasteiger partial charge in [0.15, 0.2) is 11.5 Å². The Morgan fingerprint density at radius 3 is 2.00 bits per heavy atom. The molecular formula is C13H16O5. The third-order valence-electron chi connectivity index (χ3n) is 2.45. The van der Waals surface area contributed by atoms with E-state index < -0.39 is 5.97 Å². The normalized spacial score (nSPS) is 11.0. The number of carboxylic acid groups (broad SMARTS) is 1. The highest BCUT2D eigenvalue weighted by Crippen LogP contribution is 2.35. The molecule has 0 saturated heterocycles. The van der Waals surface area contributed by atoms with Crippen LogP contribution in [0.2, 0.25) is 0 Å². The highest BCUT2D eigenvalue weighted by molar-refractivity contribution is 5.92. The molecule has 0 amide bonds. The van der Waals surface area contributed by atoms with Crippen molar-refractivity contribution in [3.05, 3.63) is 23.3 Å². The van der Waals surface area contributed by atoms with Crippen molar-refractivity contribution in [1.82, 2.24) is 0 Å². The van der Waals surface area contributed by atoms with Crippen molar-refractivity contribution in [2.45, 2.75) is 6.92 Å². The number of carboxylic acids is 1. The average Bonchev–Trinajstić information content (AvgIpc) is 2.37. The molecule has 1 N–H and O–H groups in total. The lowest BCUT2D eigenvalue weighted by molar-refractivity contribution is -0.132. The van der Waals surface area contributed by atoms with Crippen LogP contribution in [0.4, 0.5) is 0 Å². The molecule has 5 nitrogen and oxygen atoms in total. The van der Waals surface area contributed by atoms with E-state index in [2.05, 4.69) is 0 Å². The van der Waals surface area contributed by atoms with E-state index in [0.717, 1.165) is 0 Å². The van der Waals surface area contributed by atoms with Crippen molar-refractivity contribution >= 4 is 12.0 Å². The first-order valence-corrected chi connectivity index (χ1v) is 5.25. The molecule has 1 aromatic carbocycles. The van der Waals surface area contributed by atoms with Crippen LogP contribution < -0.4 is 14.2 Å². The quantitative estimate of drug-likeness (QED) is 0.814. The van der Waals surface area contributed by atoms with Crippen LogP contribution in [0.25, 0.3) is 6.08 Å². The molecule has 1 rings (SSSR count). The Balaban J connectivity index is 3.34. The van der Waals surface area contributed by atoms with Gasteiger partial charge in [-0.1, -0.05) is 0 Å². The smallest absolute Gasteiger partial charge is 0.331 e. The summed E-state index contributed by atoms with van der Waals surface area (Å²) in [6.45, 7) is 1.51. The zero-order valence-electron chi connectivity index (χ0n) is 10.8. The molecule has 18 heavy (non-hydrogen) atoms. The molecule has 0 aliphatic heterocycles. The zero-order chi connectivity index (χ0) is 13.7. The van der Waals surface area contributed by atoms with Crippen LogP contribution in [0, 0.1) is 0 Å². The maximum absolute atomic E-state index is 10.8. The molecule has 0 atom stereocenters. The summed E-state index contributed by atoms with van der Waals surface area (Å²) in [5, 5.41) is 8.87. The maximum atomic E-state index is 10.8. The number of methoxy groups -OCH3 is 3. The van der Waals surface area contributed by atoms with Crippen LogP contribution in [0.15, 0.2) is 17.7 Å². The Morgan fingerprint density at radius 2 is 1.56 bits per heavy atom. The van der Waals surface area contributed by atoms with Gasteiger partial charge in [0, 0.05) is 17.2 Å². The summed E-state index contributed by atoms with van der Waals surface area (Å²) in [5.41, 5.74) is 0.829. The van der Waals surface area contributed by atoms with E-state index in [4.69, 9.17) is 19.3 Å². The summed E-state index contributed by atoms with van der Waals surface area (Å²) in [4.78, 5) is 10.8. The fourth-order valence-corrected chi connectivity index (χ4v) is 1.46. The molecular weight excluding hydrogens is 236 g/mol. The Bertz CT molecular complexity index is 477. The third-order valence-corrected chi connectivity index (χ3v) is 2.45. The maximum Gasteiger partial charge on any atom is 0.331 e. The van der Waals surface area contributed by atoms with E-state index in [-0.39, 0.29) is 5.57 Å². The van der Waals surface area contributed by atoms with Crippen molar-refractivity contribution in [2.24, 2.45) is 0 Å². The number of rotatable bonds is 5. The molecule has 0 aromatic heterocycles. The summed E-state index contributed by atoms with van der Waals surface area (Å²) in [7, 11) is 4.55. The number of aliphatic carboxylic acids is 1. The first kappa shape index (κ1) is 13.9. The van der Waals surface area contributed by atoms with Crippen molar-refractivity contribution < 1.29 is 24.1 Å². The van der Waals surface area contributed by atoms with Crippen LogP contribution in [0.5, 0.6) is 17.2 Å². The number of ether oxygens (including phenoxy) is 3. The standard InChI is InChI=1S/C13H16O5/c1-8(13(14)15)5-9-6-11(17-3)12(18-4)7-10(9)16-2/h5-7H,1-4H3,(H,14,15)/b8-5-. The van der Waals surface area contributed by atoms with Gasteiger partial charge in [0.25, 0.3) is 0 Å². The lowest BCUT2D eigenvalue weighted by Gasteiger charge is -2.12. The van der Waals surface area contributed by atoms with Gasteiger partial charge >= 0.3 is 5.97 Å². The van der Waals surface area contributed by atoms with Gasteiger partial charge in [-0.05, 0) is 19.1 Å². The number of hydrogen-bond acceptors (Lipinski definition) is 4. The Labute approximate surface area is 106 Å². The largest absolute Gasteiger partial charge is 0.496 e.